The lowest BCUT2D eigenvalue weighted by Crippen LogP contribution is -2.17. The fourth-order valence-corrected chi connectivity index (χ4v) is 1.83. The first-order valence-electron chi connectivity index (χ1n) is 4.51. The van der Waals surface area contributed by atoms with Crippen molar-refractivity contribution in [2.24, 2.45) is 11.8 Å². The Balaban J connectivity index is 2.40. The Kier molecular flexibility index (Phi) is 2.90. The van der Waals surface area contributed by atoms with Crippen molar-refractivity contribution in [2.45, 2.75) is 45.3 Å². The highest BCUT2D eigenvalue weighted by Crippen LogP contribution is 2.33. The molecular weight excluding hydrogens is 140 g/mol. The van der Waals surface area contributed by atoms with Gasteiger partial charge in [-0.05, 0) is 24.7 Å². The van der Waals surface area contributed by atoms with Crippen LogP contribution in [-0.2, 0) is 0 Å². The molecule has 2 N–H and O–H groups in total. The largest absolute Gasteiger partial charge is 0.390 e. The van der Waals surface area contributed by atoms with E-state index in [1.54, 1.807) is 0 Å². The number of hydrogen-bond acceptors (Lipinski definition) is 2. The molecule has 0 heterocycles. The highest BCUT2D eigenvalue weighted by Gasteiger charge is 2.33. The molecule has 0 spiro atoms. The van der Waals surface area contributed by atoms with Crippen molar-refractivity contribution in [2.75, 3.05) is 0 Å². The lowest BCUT2D eigenvalue weighted by molar-refractivity contribution is 0.0438. The van der Waals surface area contributed by atoms with Gasteiger partial charge in [-0.2, -0.15) is 0 Å². The Morgan fingerprint density at radius 2 is 1.73 bits per heavy atom. The normalized spacial score (nSPS) is 40.9. The maximum atomic E-state index is 9.26. The number of aliphatic hydroxyl groups is 2. The second-order valence-corrected chi connectivity index (χ2v) is 3.75. The van der Waals surface area contributed by atoms with Gasteiger partial charge in [0, 0.05) is 0 Å². The zero-order valence-corrected chi connectivity index (χ0v) is 7.33. The summed E-state index contributed by atoms with van der Waals surface area (Å²) in [6, 6.07) is 0. The standard InChI is InChI=1S/C9H18O2/c1-3-6(2)7-4-8(10)9(11)5-7/h6-11H,3-5H2,1-2H3. The molecule has 0 aromatic rings. The summed E-state index contributed by atoms with van der Waals surface area (Å²) in [7, 11) is 0. The van der Waals surface area contributed by atoms with Gasteiger partial charge in [-0.1, -0.05) is 20.3 Å². The molecule has 0 amide bonds. The van der Waals surface area contributed by atoms with Gasteiger partial charge in [0.15, 0.2) is 0 Å². The minimum Gasteiger partial charge on any atom is -0.390 e. The summed E-state index contributed by atoms with van der Waals surface area (Å²) in [6.45, 7) is 4.34. The first-order valence-corrected chi connectivity index (χ1v) is 4.51. The van der Waals surface area contributed by atoms with Crippen molar-refractivity contribution < 1.29 is 10.2 Å². The zero-order chi connectivity index (χ0) is 8.43. The monoisotopic (exact) mass is 158 g/mol. The molecule has 0 bridgehead atoms. The average Bonchev–Trinajstić information content (AvgIpc) is 2.31. The van der Waals surface area contributed by atoms with Crippen LogP contribution < -0.4 is 0 Å². The SMILES string of the molecule is CCC(C)C1CC(O)C(O)C1. The van der Waals surface area contributed by atoms with Gasteiger partial charge >= 0.3 is 0 Å². The highest BCUT2D eigenvalue weighted by atomic mass is 16.3. The molecule has 0 radical (unpaired) electrons. The van der Waals surface area contributed by atoms with E-state index in [9.17, 15) is 10.2 Å². The maximum Gasteiger partial charge on any atom is 0.0802 e. The minimum absolute atomic E-state index is 0.464. The van der Waals surface area contributed by atoms with Gasteiger partial charge in [0.05, 0.1) is 12.2 Å². The fourth-order valence-electron chi connectivity index (χ4n) is 1.83. The van der Waals surface area contributed by atoms with E-state index in [4.69, 9.17) is 0 Å². The maximum absolute atomic E-state index is 9.26. The summed E-state index contributed by atoms with van der Waals surface area (Å²) in [4.78, 5) is 0. The predicted octanol–water partition coefficient (Wildman–Crippen LogP) is 1.16. The van der Waals surface area contributed by atoms with E-state index in [0.717, 1.165) is 19.3 Å². The van der Waals surface area contributed by atoms with Crippen LogP contribution in [0.25, 0.3) is 0 Å². The lowest BCUT2D eigenvalue weighted by Gasteiger charge is -2.15. The van der Waals surface area contributed by atoms with Crippen LogP contribution >= 0.6 is 0 Å². The quantitative estimate of drug-likeness (QED) is 0.633. The van der Waals surface area contributed by atoms with E-state index in [1.807, 2.05) is 0 Å². The number of rotatable bonds is 2. The summed E-state index contributed by atoms with van der Waals surface area (Å²) in [5.41, 5.74) is 0. The predicted molar refractivity (Wildman–Crippen MR) is 44.2 cm³/mol. The molecule has 0 aliphatic heterocycles. The Labute approximate surface area is 68.2 Å². The van der Waals surface area contributed by atoms with Gasteiger partial charge in [-0.3, -0.25) is 0 Å². The number of hydrogen-bond donors (Lipinski definition) is 2. The molecule has 3 unspecified atom stereocenters. The van der Waals surface area contributed by atoms with Gasteiger partial charge < -0.3 is 10.2 Å². The van der Waals surface area contributed by atoms with Gasteiger partial charge in [0.1, 0.15) is 0 Å². The summed E-state index contributed by atoms with van der Waals surface area (Å²) in [6.07, 6.45) is 1.79. The number of aliphatic hydroxyl groups excluding tert-OH is 2. The van der Waals surface area contributed by atoms with Crippen molar-refractivity contribution >= 4 is 0 Å². The zero-order valence-electron chi connectivity index (χ0n) is 7.33. The summed E-state index contributed by atoms with van der Waals surface area (Å²) < 4.78 is 0. The third-order valence-electron chi connectivity index (χ3n) is 2.98. The molecule has 0 aromatic carbocycles. The lowest BCUT2D eigenvalue weighted by atomic mass is 9.90. The highest BCUT2D eigenvalue weighted by molar-refractivity contribution is 4.84. The van der Waals surface area contributed by atoms with Crippen molar-refractivity contribution in [3.8, 4) is 0 Å². The molecule has 2 heteroatoms. The molecule has 1 fully saturated rings. The van der Waals surface area contributed by atoms with E-state index in [0.29, 0.717) is 11.8 Å². The van der Waals surface area contributed by atoms with Crippen molar-refractivity contribution in [3.05, 3.63) is 0 Å². The van der Waals surface area contributed by atoms with Crippen LogP contribution in [0.2, 0.25) is 0 Å². The van der Waals surface area contributed by atoms with Crippen LogP contribution in [0.4, 0.5) is 0 Å². The van der Waals surface area contributed by atoms with Crippen molar-refractivity contribution in [1.29, 1.82) is 0 Å². The van der Waals surface area contributed by atoms with E-state index in [2.05, 4.69) is 13.8 Å². The van der Waals surface area contributed by atoms with Crippen LogP contribution in [0.15, 0.2) is 0 Å². The molecule has 2 nitrogen and oxygen atoms in total. The van der Waals surface area contributed by atoms with Gasteiger partial charge in [0.2, 0.25) is 0 Å². The third kappa shape index (κ3) is 1.94. The first-order chi connectivity index (χ1) is 5.15. The smallest absolute Gasteiger partial charge is 0.0802 e. The van der Waals surface area contributed by atoms with Gasteiger partial charge in [-0.25, -0.2) is 0 Å². The Bertz CT molecular complexity index is 115. The van der Waals surface area contributed by atoms with E-state index in [-0.39, 0.29) is 0 Å². The molecular formula is C9H18O2. The molecule has 1 aliphatic rings. The molecule has 11 heavy (non-hydrogen) atoms. The van der Waals surface area contributed by atoms with Crippen LogP contribution in [-0.4, -0.2) is 22.4 Å². The average molecular weight is 158 g/mol. The second kappa shape index (κ2) is 3.55. The molecule has 0 saturated heterocycles. The van der Waals surface area contributed by atoms with Gasteiger partial charge in [0.25, 0.3) is 0 Å². The molecule has 66 valence electrons. The Hall–Kier alpha value is -0.0800. The Morgan fingerprint density at radius 3 is 2.09 bits per heavy atom. The fraction of sp³-hybridized carbons (Fsp3) is 1.00. The van der Waals surface area contributed by atoms with Crippen LogP contribution in [0.1, 0.15) is 33.1 Å². The van der Waals surface area contributed by atoms with Gasteiger partial charge in [-0.15, -0.1) is 0 Å². The van der Waals surface area contributed by atoms with E-state index >= 15 is 0 Å². The molecule has 3 atom stereocenters. The van der Waals surface area contributed by atoms with E-state index in [1.165, 1.54) is 0 Å². The minimum atomic E-state index is -0.464. The summed E-state index contributed by atoms with van der Waals surface area (Å²) in [5.74, 6) is 1.17. The molecule has 1 aliphatic carbocycles. The first kappa shape index (κ1) is 9.01. The topological polar surface area (TPSA) is 40.5 Å². The van der Waals surface area contributed by atoms with Crippen LogP contribution in [0.5, 0.6) is 0 Å². The third-order valence-corrected chi connectivity index (χ3v) is 2.98. The van der Waals surface area contributed by atoms with E-state index < -0.39 is 12.2 Å². The second-order valence-electron chi connectivity index (χ2n) is 3.75. The molecule has 0 aromatic heterocycles. The Morgan fingerprint density at radius 1 is 1.27 bits per heavy atom. The molecule has 1 saturated carbocycles. The summed E-state index contributed by atoms with van der Waals surface area (Å²) in [5, 5.41) is 18.5. The van der Waals surface area contributed by atoms with Crippen LogP contribution in [0.3, 0.4) is 0 Å². The summed E-state index contributed by atoms with van der Waals surface area (Å²) >= 11 is 0. The van der Waals surface area contributed by atoms with Crippen LogP contribution in [0, 0.1) is 11.8 Å². The molecule has 1 rings (SSSR count). The van der Waals surface area contributed by atoms with Crippen molar-refractivity contribution in [1.82, 2.24) is 0 Å². The van der Waals surface area contributed by atoms with Crippen molar-refractivity contribution in [3.63, 3.8) is 0 Å².